The summed E-state index contributed by atoms with van der Waals surface area (Å²) >= 11 is 0. The number of unbranched alkanes of at least 4 members (excludes halogenated alkanes) is 3. The van der Waals surface area contributed by atoms with Crippen LogP contribution in [0.15, 0.2) is 84.0 Å². The third kappa shape index (κ3) is 8.62. The molecule has 3 aromatic rings. The van der Waals surface area contributed by atoms with Crippen molar-refractivity contribution >= 4 is 12.1 Å². The summed E-state index contributed by atoms with van der Waals surface area (Å²) in [5.74, 6) is 2.01. The number of ether oxygens (including phenoxy) is 3. The molecule has 0 radical (unpaired) electrons. The highest BCUT2D eigenvalue weighted by atomic mass is 16.5. The molecule has 0 unspecified atom stereocenters. The minimum atomic E-state index is -0.267. The maximum atomic E-state index is 12.1. The van der Waals surface area contributed by atoms with Gasteiger partial charge >= 0.3 is 0 Å². The monoisotopic (exact) mass is 460 g/mol. The maximum Gasteiger partial charge on any atom is 0.271 e. The number of nitrogens with one attached hydrogen (secondary N) is 1. The van der Waals surface area contributed by atoms with E-state index in [1.54, 1.807) is 18.3 Å². The SMILES string of the molecule is CCCCCCOc1ccc(OCCOc2ccccc2C=NNC(=O)c2ccccc2)cc1. The molecule has 0 atom stereocenters. The van der Waals surface area contributed by atoms with Gasteiger partial charge in [0.05, 0.1) is 12.8 Å². The fourth-order valence-electron chi connectivity index (χ4n) is 3.20. The van der Waals surface area contributed by atoms with Crippen LogP contribution in [0.1, 0.15) is 48.5 Å². The lowest BCUT2D eigenvalue weighted by atomic mass is 10.2. The Balaban J connectivity index is 1.40. The second kappa shape index (κ2) is 14.4. The number of benzene rings is 3. The third-order valence-electron chi connectivity index (χ3n) is 5.02. The first-order chi connectivity index (χ1) is 16.8. The second-order valence-electron chi connectivity index (χ2n) is 7.68. The molecule has 0 heterocycles. The standard InChI is InChI=1S/C28H32N2O4/c1-2-3-4-10-19-32-25-15-17-26(18-16-25)33-20-21-34-27-14-9-8-13-24(27)22-29-30-28(31)23-11-6-5-7-12-23/h5-9,11-18,22H,2-4,10,19-21H2,1H3,(H,30,31). The Kier molecular flexibility index (Phi) is 10.5. The van der Waals surface area contributed by atoms with Crippen LogP contribution in [0, 0.1) is 0 Å². The quantitative estimate of drug-likeness (QED) is 0.186. The number of carbonyl (C=O) groups is 1. The van der Waals surface area contributed by atoms with Gasteiger partial charge in [-0.3, -0.25) is 4.79 Å². The molecule has 34 heavy (non-hydrogen) atoms. The van der Waals surface area contributed by atoms with Crippen molar-refractivity contribution in [3.8, 4) is 17.2 Å². The van der Waals surface area contributed by atoms with Gasteiger partial charge in [-0.1, -0.05) is 56.5 Å². The summed E-state index contributed by atoms with van der Waals surface area (Å²) in [4.78, 5) is 12.1. The van der Waals surface area contributed by atoms with E-state index in [1.807, 2.05) is 66.7 Å². The van der Waals surface area contributed by atoms with Crippen LogP contribution in [0.5, 0.6) is 17.2 Å². The van der Waals surface area contributed by atoms with E-state index in [0.717, 1.165) is 30.1 Å². The smallest absolute Gasteiger partial charge is 0.271 e. The van der Waals surface area contributed by atoms with E-state index in [0.29, 0.717) is 24.5 Å². The molecule has 6 nitrogen and oxygen atoms in total. The van der Waals surface area contributed by atoms with Gasteiger partial charge in [0.1, 0.15) is 30.5 Å². The summed E-state index contributed by atoms with van der Waals surface area (Å²) in [5, 5.41) is 4.05. The van der Waals surface area contributed by atoms with E-state index in [1.165, 1.54) is 19.3 Å². The molecule has 1 N–H and O–H groups in total. The molecular formula is C28H32N2O4. The lowest BCUT2D eigenvalue weighted by molar-refractivity contribution is 0.0955. The molecule has 0 bridgehead atoms. The van der Waals surface area contributed by atoms with Crippen LogP contribution in [0.2, 0.25) is 0 Å². The number of hydrogen-bond acceptors (Lipinski definition) is 5. The molecule has 0 aromatic heterocycles. The van der Waals surface area contributed by atoms with Crippen LogP contribution in [0.25, 0.3) is 0 Å². The van der Waals surface area contributed by atoms with Crippen molar-refractivity contribution in [2.75, 3.05) is 19.8 Å². The Bertz CT molecular complexity index is 1020. The van der Waals surface area contributed by atoms with Gasteiger partial charge in [-0.25, -0.2) is 5.43 Å². The summed E-state index contributed by atoms with van der Waals surface area (Å²) in [6.07, 6.45) is 6.32. The van der Waals surface area contributed by atoms with E-state index in [9.17, 15) is 4.79 Å². The van der Waals surface area contributed by atoms with Crippen LogP contribution in [-0.2, 0) is 0 Å². The lowest BCUT2D eigenvalue weighted by Gasteiger charge is -2.11. The molecule has 0 aliphatic carbocycles. The van der Waals surface area contributed by atoms with E-state index >= 15 is 0 Å². The second-order valence-corrected chi connectivity index (χ2v) is 7.68. The fourth-order valence-corrected chi connectivity index (χ4v) is 3.20. The zero-order valence-electron chi connectivity index (χ0n) is 19.6. The first-order valence-electron chi connectivity index (χ1n) is 11.7. The minimum absolute atomic E-state index is 0.267. The summed E-state index contributed by atoms with van der Waals surface area (Å²) < 4.78 is 17.4. The Hall–Kier alpha value is -3.80. The summed E-state index contributed by atoms with van der Waals surface area (Å²) in [5.41, 5.74) is 3.84. The van der Waals surface area contributed by atoms with Crippen LogP contribution in [-0.4, -0.2) is 31.9 Å². The van der Waals surface area contributed by atoms with E-state index in [2.05, 4.69) is 17.5 Å². The van der Waals surface area contributed by atoms with Crippen molar-refractivity contribution in [1.29, 1.82) is 0 Å². The molecule has 178 valence electrons. The largest absolute Gasteiger partial charge is 0.494 e. The molecule has 0 aliphatic rings. The Labute approximate surface area is 201 Å². The zero-order valence-corrected chi connectivity index (χ0v) is 19.6. The van der Waals surface area contributed by atoms with E-state index in [4.69, 9.17) is 14.2 Å². The molecule has 3 aromatic carbocycles. The van der Waals surface area contributed by atoms with Crippen molar-refractivity contribution in [3.63, 3.8) is 0 Å². The highest BCUT2D eigenvalue weighted by molar-refractivity contribution is 5.95. The predicted molar refractivity (Wildman–Crippen MR) is 135 cm³/mol. The summed E-state index contributed by atoms with van der Waals surface area (Å²) in [6, 6.07) is 24.1. The minimum Gasteiger partial charge on any atom is -0.494 e. The number of carbonyl (C=O) groups excluding carboxylic acids is 1. The highest BCUT2D eigenvalue weighted by Gasteiger charge is 2.04. The van der Waals surface area contributed by atoms with Crippen molar-refractivity contribution in [2.45, 2.75) is 32.6 Å². The van der Waals surface area contributed by atoms with Crippen LogP contribution in [0.3, 0.4) is 0 Å². The van der Waals surface area contributed by atoms with Crippen molar-refractivity contribution in [1.82, 2.24) is 5.43 Å². The van der Waals surface area contributed by atoms with Crippen LogP contribution >= 0.6 is 0 Å². The molecule has 3 rings (SSSR count). The van der Waals surface area contributed by atoms with Gasteiger partial charge in [0, 0.05) is 11.1 Å². The van der Waals surface area contributed by atoms with Crippen LogP contribution in [0.4, 0.5) is 0 Å². The lowest BCUT2D eigenvalue weighted by Crippen LogP contribution is -2.17. The molecular weight excluding hydrogens is 428 g/mol. The highest BCUT2D eigenvalue weighted by Crippen LogP contribution is 2.19. The number of nitrogens with zero attached hydrogens (tertiary/aromatic N) is 1. The van der Waals surface area contributed by atoms with Gasteiger partial charge in [0.25, 0.3) is 5.91 Å². The predicted octanol–water partition coefficient (Wildman–Crippen LogP) is 5.87. The maximum absolute atomic E-state index is 12.1. The number of rotatable bonds is 14. The molecule has 0 fully saturated rings. The van der Waals surface area contributed by atoms with Gasteiger partial charge in [-0.2, -0.15) is 5.10 Å². The average molecular weight is 461 g/mol. The molecule has 0 saturated heterocycles. The van der Waals surface area contributed by atoms with Crippen LogP contribution < -0.4 is 19.6 Å². The summed E-state index contributed by atoms with van der Waals surface area (Å²) in [7, 11) is 0. The number of amides is 1. The Morgan fingerprint density at radius 2 is 1.41 bits per heavy atom. The number of hydrazone groups is 1. The number of hydrogen-bond donors (Lipinski definition) is 1. The normalized spacial score (nSPS) is 10.7. The average Bonchev–Trinajstić information content (AvgIpc) is 2.88. The molecule has 6 heteroatoms. The van der Waals surface area contributed by atoms with E-state index in [-0.39, 0.29) is 5.91 Å². The number of para-hydroxylation sites is 1. The summed E-state index contributed by atoms with van der Waals surface area (Å²) in [6.45, 7) is 3.71. The van der Waals surface area contributed by atoms with E-state index < -0.39 is 0 Å². The van der Waals surface area contributed by atoms with Gasteiger partial charge in [0.2, 0.25) is 0 Å². The van der Waals surface area contributed by atoms with Gasteiger partial charge in [0.15, 0.2) is 0 Å². The molecule has 1 amide bonds. The first-order valence-corrected chi connectivity index (χ1v) is 11.7. The van der Waals surface area contributed by atoms with Gasteiger partial charge in [-0.15, -0.1) is 0 Å². The molecule has 0 aliphatic heterocycles. The van der Waals surface area contributed by atoms with Gasteiger partial charge < -0.3 is 14.2 Å². The van der Waals surface area contributed by atoms with Crippen molar-refractivity contribution < 1.29 is 19.0 Å². The van der Waals surface area contributed by atoms with Crippen molar-refractivity contribution in [2.24, 2.45) is 5.10 Å². The zero-order chi connectivity index (χ0) is 23.8. The Morgan fingerprint density at radius 1 is 0.765 bits per heavy atom. The third-order valence-corrected chi connectivity index (χ3v) is 5.02. The Morgan fingerprint density at radius 3 is 2.15 bits per heavy atom. The molecule has 0 spiro atoms. The first kappa shape index (κ1) is 24.8. The fraction of sp³-hybridized carbons (Fsp3) is 0.286. The topological polar surface area (TPSA) is 69.2 Å². The van der Waals surface area contributed by atoms with Crippen molar-refractivity contribution in [3.05, 3.63) is 90.0 Å². The van der Waals surface area contributed by atoms with Gasteiger partial charge in [-0.05, 0) is 55.0 Å². The molecule has 0 saturated carbocycles.